The van der Waals surface area contributed by atoms with Gasteiger partial charge < -0.3 is 10.4 Å². The molecule has 1 atom stereocenters. The molecule has 0 saturated heterocycles. The lowest BCUT2D eigenvalue weighted by atomic mass is 10.1. The van der Waals surface area contributed by atoms with Gasteiger partial charge in [-0.05, 0) is 17.0 Å². The number of thiophene rings is 1. The van der Waals surface area contributed by atoms with E-state index >= 15 is 0 Å². The minimum Gasteiger partial charge on any atom is -0.387 e. The molecule has 1 aromatic heterocycles. The van der Waals surface area contributed by atoms with Crippen molar-refractivity contribution < 1.29 is 5.11 Å². The summed E-state index contributed by atoms with van der Waals surface area (Å²) in [6.45, 7) is 1.41. The molecule has 0 aliphatic rings. The first-order valence-electron chi connectivity index (χ1n) is 5.32. The molecule has 0 spiro atoms. The SMILES string of the molecule is O[C@@H](CNCc1cccs1)c1ccccc1. The quantitative estimate of drug-likeness (QED) is 0.832. The number of aliphatic hydroxyl groups excluding tert-OH is 1. The maximum absolute atomic E-state index is 9.89. The van der Waals surface area contributed by atoms with Crippen LogP contribution in [0.25, 0.3) is 0 Å². The van der Waals surface area contributed by atoms with Gasteiger partial charge in [0.25, 0.3) is 0 Å². The molecule has 0 bridgehead atoms. The van der Waals surface area contributed by atoms with Gasteiger partial charge in [-0.3, -0.25) is 0 Å². The Morgan fingerprint density at radius 3 is 2.62 bits per heavy atom. The van der Waals surface area contributed by atoms with Gasteiger partial charge in [-0.2, -0.15) is 0 Å². The molecule has 16 heavy (non-hydrogen) atoms. The van der Waals surface area contributed by atoms with Crippen LogP contribution < -0.4 is 5.32 Å². The van der Waals surface area contributed by atoms with Gasteiger partial charge in [0, 0.05) is 18.0 Å². The monoisotopic (exact) mass is 233 g/mol. The Morgan fingerprint density at radius 2 is 1.94 bits per heavy atom. The Labute approximate surface area is 99.6 Å². The maximum Gasteiger partial charge on any atom is 0.0914 e. The number of hydrogen-bond acceptors (Lipinski definition) is 3. The lowest BCUT2D eigenvalue weighted by Crippen LogP contribution is -2.20. The summed E-state index contributed by atoms with van der Waals surface area (Å²) >= 11 is 1.73. The summed E-state index contributed by atoms with van der Waals surface area (Å²) in [4.78, 5) is 1.29. The van der Waals surface area contributed by atoms with Crippen molar-refractivity contribution in [2.45, 2.75) is 12.6 Å². The van der Waals surface area contributed by atoms with Crippen molar-refractivity contribution in [2.24, 2.45) is 0 Å². The standard InChI is InChI=1S/C13H15NOS/c15-13(11-5-2-1-3-6-11)10-14-9-12-7-4-8-16-12/h1-8,13-15H,9-10H2/t13-/m0/s1. The molecule has 2 rings (SSSR count). The zero-order chi connectivity index (χ0) is 11.2. The molecular formula is C13H15NOS. The van der Waals surface area contributed by atoms with E-state index in [1.54, 1.807) is 11.3 Å². The Kier molecular flexibility index (Phi) is 4.10. The second kappa shape index (κ2) is 5.80. The number of nitrogens with one attached hydrogen (secondary N) is 1. The zero-order valence-electron chi connectivity index (χ0n) is 8.97. The van der Waals surface area contributed by atoms with Gasteiger partial charge in [-0.1, -0.05) is 36.4 Å². The van der Waals surface area contributed by atoms with Crippen molar-refractivity contribution >= 4 is 11.3 Å². The molecule has 84 valence electrons. The molecule has 3 heteroatoms. The normalized spacial score (nSPS) is 12.6. The summed E-state index contributed by atoms with van der Waals surface area (Å²) in [5, 5.41) is 15.2. The van der Waals surface area contributed by atoms with Crippen molar-refractivity contribution in [3.05, 3.63) is 58.3 Å². The van der Waals surface area contributed by atoms with E-state index in [1.807, 2.05) is 36.4 Å². The van der Waals surface area contributed by atoms with Crippen LogP contribution in [0.5, 0.6) is 0 Å². The van der Waals surface area contributed by atoms with Crippen LogP contribution in [0.15, 0.2) is 47.8 Å². The van der Waals surface area contributed by atoms with Gasteiger partial charge >= 0.3 is 0 Å². The molecule has 1 aromatic carbocycles. The third-order valence-electron chi connectivity index (χ3n) is 2.40. The maximum atomic E-state index is 9.89. The van der Waals surface area contributed by atoms with E-state index in [4.69, 9.17) is 0 Å². The van der Waals surface area contributed by atoms with E-state index in [-0.39, 0.29) is 0 Å². The number of hydrogen-bond donors (Lipinski definition) is 2. The number of aliphatic hydroxyl groups is 1. The Balaban J connectivity index is 1.78. The fourth-order valence-corrected chi connectivity index (χ4v) is 2.21. The molecule has 0 aliphatic carbocycles. The van der Waals surface area contributed by atoms with E-state index in [0.29, 0.717) is 6.54 Å². The number of benzene rings is 1. The molecule has 0 amide bonds. The predicted octanol–water partition coefficient (Wildman–Crippen LogP) is 2.57. The largest absolute Gasteiger partial charge is 0.387 e. The molecule has 2 nitrogen and oxygen atoms in total. The van der Waals surface area contributed by atoms with E-state index < -0.39 is 6.10 Å². The summed E-state index contributed by atoms with van der Waals surface area (Å²) in [5.41, 5.74) is 0.959. The van der Waals surface area contributed by atoms with Crippen LogP contribution in [0, 0.1) is 0 Å². The van der Waals surface area contributed by atoms with Crippen LogP contribution in [0.4, 0.5) is 0 Å². The highest BCUT2D eigenvalue weighted by atomic mass is 32.1. The number of rotatable bonds is 5. The fourth-order valence-electron chi connectivity index (χ4n) is 1.54. The second-order valence-electron chi connectivity index (χ2n) is 3.64. The Morgan fingerprint density at radius 1 is 1.12 bits per heavy atom. The Hall–Kier alpha value is -1.16. The van der Waals surface area contributed by atoms with E-state index in [9.17, 15) is 5.11 Å². The molecule has 0 aliphatic heterocycles. The van der Waals surface area contributed by atoms with Crippen molar-refractivity contribution in [3.8, 4) is 0 Å². The first-order chi connectivity index (χ1) is 7.86. The third-order valence-corrected chi connectivity index (χ3v) is 3.28. The highest BCUT2D eigenvalue weighted by molar-refractivity contribution is 7.09. The fraction of sp³-hybridized carbons (Fsp3) is 0.231. The van der Waals surface area contributed by atoms with Crippen molar-refractivity contribution in [1.29, 1.82) is 0 Å². The first-order valence-corrected chi connectivity index (χ1v) is 6.20. The van der Waals surface area contributed by atoms with Gasteiger partial charge in [0.1, 0.15) is 0 Å². The van der Waals surface area contributed by atoms with Gasteiger partial charge in [0.15, 0.2) is 0 Å². The molecule has 0 unspecified atom stereocenters. The topological polar surface area (TPSA) is 32.3 Å². The van der Waals surface area contributed by atoms with Crippen molar-refractivity contribution in [2.75, 3.05) is 6.54 Å². The smallest absolute Gasteiger partial charge is 0.0914 e. The molecule has 2 N–H and O–H groups in total. The van der Waals surface area contributed by atoms with Crippen LogP contribution in [-0.2, 0) is 6.54 Å². The van der Waals surface area contributed by atoms with Gasteiger partial charge in [0.2, 0.25) is 0 Å². The molecule has 2 aromatic rings. The first kappa shape index (κ1) is 11.3. The molecule has 0 saturated carbocycles. The summed E-state index contributed by atoms with van der Waals surface area (Å²) in [5.74, 6) is 0. The lowest BCUT2D eigenvalue weighted by molar-refractivity contribution is 0.174. The van der Waals surface area contributed by atoms with Gasteiger partial charge in [0.05, 0.1) is 6.10 Å². The van der Waals surface area contributed by atoms with Crippen LogP contribution in [0.1, 0.15) is 16.5 Å². The molecular weight excluding hydrogens is 218 g/mol. The van der Waals surface area contributed by atoms with Crippen LogP contribution in [0.3, 0.4) is 0 Å². The van der Waals surface area contributed by atoms with Crippen molar-refractivity contribution in [3.63, 3.8) is 0 Å². The highest BCUT2D eigenvalue weighted by Gasteiger charge is 2.05. The third kappa shape index (κ3) is 3.17. The van der Waals surface area contributed by atoms with Crippen LogP contribution in [0.2, 0.25) is 0 Å². The van der Waals surface area contributed by atoms with Gasteiger partial charge in [-0.15, -0.1) is 11.3 Å². The second-order valence-corrected chi connectivity index (χ2v) is 4.67. The minimum absolute atomic E-state index is 0.429. The van der Waals surface area contributed by atoms with Crippen LogP contribution in [-0.4, -0.2) is 11.7 Å². The summed E-state index contributed by atoms with van der Waals surface area (Å²) in [6.07, 6.45) is -0.429. The summed E-state index contributed by atoms with van der Waals surface area (Å²) in [7, 11) is 0. The Bertz CT molecular complexity index is 399. The minimum atomic E-state index is -0.429. The molecule has 0 fully saturated rings. The highest BCUT2D eigenvalue weighted by Crippen LogP contribution is 2.12. The van der Waals surface area contributed by atoms with E-state index in [0.717, 1.165) is 12.1 Å². The van der Waals surface area contributed by atoms with Crippen molar-refractivity contribution in [1.82, 2.24) is 5.32 Å². The van der Waals surface area contributed by atoms with E-state index in [1.165, 1.54) is 4.88 Å². The molecule has 1 heterocycles. The average molecular weight is 233 g/mol. The average Bonchev–Trinajstić information content (AvgIpc) is 2.83. The summed E-state index contributed by atoms with van der Waals surface area (Å²) < 4.78 is 0. The molecule has 0 radical (unpaired) electrons. The van der Waals surface area contributed by atoms with Gasteiger partial charge in [-0.25, -0.2) is 0 Å². The predicted molar refractivity (Wildman–Crippen MR) is 67.4 cm³/mol. The summed E-state index contributed by atoms with van der Waals surface area (Å²) in [6, 6.07) is 13.8. The zero-order valence-corrected chi connectivity index (χ0v) is 9.78. The van der Waals surface area contributed by atoms with E-state index in [2.05, 4.69) is 16.8 Å². The van der Waals surface area contributed by atoms with Crippen LogP contribution >= 0.6 is 11.3 Å². The lowest BCUT2D eigenvalue weighted by Gasteiger charge is -2.11.